The van der Waals surface area contributed by atoms with Crippen molar-refractivity contribution in [1.82, 2.24) is 9.80 Å². The molecule has 1 saturated heterocycles. The third kappa shape index (κ3) is 3.56. The number of rotatable bonds is 5. The molecule has 2 atom stereocenters. The van der Waals surface area contributed by atoms with Crippen LogP contribution in [0, 0.1) is 0 Å². The van der Waals surface area contributed by atoms with Crippen molar-refractivity contribution in [2.45, 2.75) is 32.4 Å². The minimum Gasteiger partial charge on any atom is -0.395 e. The van der Waals surface area contributed by atoms with Gasteiger partial charge in [0.15, 0.2) is 0 Å². The van der Waals surface area contributed by atoms with Crippen LogP contribution in [0.4, 0.5) is 0 Å². The number of nitrogens with zero attached hydrogens (tertiary/aromatic N) is 2. The highest BCUT2D eigenvalue weighted by molar-refractivity contribution is 5.18. The van der Waals surface area contributed by atoms with Gasteiger partial charge in [-0.15, -0.1) is 0 Å². The molecule has 106 valence electrons. The third-order valence-electron chi connectivity index (χ3n) is 4.38. The van der Waals surface area contributed by atoms with Crippen LogP contribution in [0.15, 0.2) is 30.3 Å². The quantitative estimate of drug-likeness (QED) is 0.880. The van der Waals surface area contributed by atoms with Crippen molar-refractivity contribution in [1.29, 1.82) is 0 Å². The van der Waals surface area contributed by atoms with E-state index in [0.29, 0.717) is 12.1 Å². The summed E-state index contributed by atoms with van der Waals surface area (Å²) >= 11 is 0. The summed E-state index contributed by atoms with van der Waals surface area (Å²) in [4.78, 5) is 4.96. The summed E-state index contributed by atoms with van der Waals surface area (Å²) in [6, 6.07) is 11.5. The van der Waals surface area contributed by atoms with Crippen LogP contribution in [0.2, 0.25) is 0 Å². The molecular formula is C16H26N2O. The Kier molecular flexibility index (Phi) is 5.37. The van der Waals surface area contributed by atoms with Gasteiger partial charge in [0.2, 0.25) is 0 Å². The monoisotopic (exact) mass is 262 g/mol. The molecular weight excluding hydrogens is 236 g/mol. The molecule has 0 aromatic heterocycles. The van der Waals surface area contributed by atoms with Gasteiger partial charge in [0.05, 0.1) is 6.61 Å². The summed E-state index contributed by atoms with van der Waals surface area (Å²) in [6.07, 6.45) is 1.03. The zero-order valence-electron chi connectivity index (χ0n) is 12.1. The lowest BCUT2D eigenvalue weighted by Gasteiger charge is -2.41. The van der Waals surface area contributed by atoms with Gasteiger partial charge in [-0.2, -0.15) is 0 Å². The molecule has 19 heavy (non-hydrogen) atoms. The Morgan fingerprint density at radius 1 is 1.05 bits per heavy atom. The van der Waals surface area contributed by atoms with Gasteiger partial charge in [0.1, 0.15) is 0 Å². The average molecular weight is 262 g/mol. The lowest BCUT2D eigenvalue weighted by Crippen LogP contribution is -2.51. The zero-order chi connectivity index (χ0) is 13.7. The van der Waals surface area contributed by atoms with Gasteiger partial charge >= 0.3 is 0 Å². The van der Waals surface area contributed by atoms with Crippen molar-refractivity contribution in [3.63, 3.8) is 0 Å². The fourth-order valence-corrected chi connectivity index (χ4v) is 2.93. The second kappa shape index (κ2) is 7.04. The molecule has 3 heteroatoms. The first kappa shape index (κ1) is 14.5. The Balaban J connectivity index is 1.89. The van der Waals surface area contributed by atoms with Crippen LogP contribution in [-0.2, 0) is 0 Å². The van der Waals surface area contributed by atoms with Crippen LogP contribution in [0.1, 0.15) is 31.9 Å². The highest BCUT2D eigenvalue weighted by Gasteiger charge is 2.25. The number of benzene rings is 1. The number of aliphatic hydroxyl groups is 1. The van der Waals surface area contributed by atoms with Crippen LogP contribution in [0.5, 0.6) is 0 Å². The highest BCUT2D eigenvalue weighted by atomic mass is 16.3. The maximum absolute atomic E-state index is 9.38. The maximum Gasteiger partial charge on any atom is 0.0586 e. The predicted octanol–water partition coefficient (Wildman–Crippen LogP) is 2.14. The fraction of sp³-hybridized carbons (Fsp3) is 0.625. The molecule has 1 N–H and O–H groups in total. The standard InChI is InChI=1S/C16H26N2O/c1-3-16(13-19)18-11-9-17(10-12-18)14(2)15-7-5-4-6-8-15/h4-8,14,16,19H,3,9-13H2,1-2H3. The lowest BCUT2D eigenvalue weighted by atomic mass is 10.1. The molecule has 1 heterocycles. The van der Waals surface area contributed by atoms with E-state index in [1.807, 2.05) is 0 Å². The second-order valence-electron chi connectivity index (χ2n) is 5.40. The van der Waals surface area contributed by atoms with Crippen LogP contribution in [0.3, 0.4) is 0 Å². The molecule has 1 fully saturated rings. The predicted molar refractivity (Wildman–Crippen MR) is 79.2 cm³/mol. The summed E-state index contributed by atoms with van der Waals surface area (Å²) in [7, 11) is 0. The van der Waals surface area contributed by atoms with Gasteiger partial charge in [-0.1, -0.05) is 37.3 Å². The third-order valence-corrected chi connectivity index (χ3v) is 4.38. The molecule has 0 amide bonds. The molecule has 0 aliphatic carbocycles. The Morgan fingerprint density at radius 2 is 1.63 bits per heavy atom. The first-order valence-electron chi connectivity index (χ1n) is 7.40. The van der Waals surface area contributed by atoms with Crippen molar-refractivity contribution in [3.8, 4) is 0 Å². The minimum atomic E-state index is 0.282. The van der Waals surface area contributed by atoms with E-state index in [-0.39, 0.29) is 6.61 Å². The van der Waals surface area contributed by atoms with Gasteiger partial charge in [-0.3, -0.25) is 9.80 Å². The zero-order valence-corrected chi connectivity index (χ0v) is 12.1. The molecule has 0 bridgehead atoms. The van der Waals surface area contributed by atoms with E-state index in [1.54, 1.807) is 0 Å². The smallest absolute Gasteiger partial charge is 0.0586 e. The summed E-state index contributed by atoms with van der Waals surface area (Å²) in [5, 5.41) is 9.38. The van der Waals surface area contributed by atoms with Gasteiger partial charge in [-0.05, 0) is 18.9 Å². The van der Waals surface area contributed by atoms with Crippen molar-refractivity contribution < 1.29 is 5.11 Å². The average Bonchev–Trinajstić information content (AvgIpc) is 2.49. The lowest BCUT2D eigenvalue weighted by molar-refractivity contribution is 0.0486. The van der Waals surface area contributed by atoms with E-state index in [1.165, 1.54) is 5.56 Å². The highest BCUT2D eigenvalue weighted by Crippen LogP contribution is 2.22. The van der Waals surface area contributed by atoms with Gasteiger partial charge in [0, 0.05) is 38.3 Å². The topological polar surface area (TPSA) is 26.7 Å². The fourth-order valence-electron chi connectivity index (χ4n) is 2.93. The summed E-state index contributed by atoms with van der Waals surface area (Å²) in [5.74, 6) is 0. The number of hydrogen-bond donors (Lipinski definition) is 1. The molecule has 1 aromatic carbocycles. The Morgan fingerprint density at radius 3 is 2.16 bits per heavy atom. The maximum atomic E-state index is 9.38. The molecule has 2 rings (SSSR count). The van der Waals surface area contributed by atoms with Crippen LogP contribution in [0.25, 0.3) is 0 Å². The molecule has 3 nitrogen and oxygen atoms in total. The molecule has 1 aliphatic rings. The van der Waals surface area contributed by atoms with E-state index in [9.17, 15) is 5.11 Å². The Hall–Kier alpha value is -0.900. The normalized spacial score (nSPS) is 21.2. The molecule has 1 aliphatic heterocycles. The van der Waals surface area contributed by atoms with Crippen molar-refractivity contribution in [3.05, 3.63) is 35.9 Å². The second-order valence-corrected chi connectivity index (χ2v) is 5.40. The molecule has 0 spiro atoms. The number of hydrogen-bond acceptors (Lipinski definition) is 3. The van der Waals surface area contributed by atoms with Crippen LogP contribution < -0.4 is 0 Å². The van der Waals surface area contributed by atoms with Gasteiger partial charge in [-0.25, -0.2) is 0 Å². The number of piperazine rings is 1. The Labute approximate surface area is 116 Å². The van der Waals surface area contributed by atoms with E-state index >= 15 is 0 Å². The summed E-state index contributed by atoms with van der Waals surface area (Å²) < 4.78 is 0. The summed E-state index contributed by atoms with van der Waals surface area (Å²) in [5.41, 5.74) is 1.39. The molecule has 2 unspecified atom stereocenters. The van der Waals surface area contributed by atoms with Crippen LogP contribution in [-0.4, -0.2) is 53.7 Å². The van der Waals surface area contributed by atoms with E-state index < -0.39 is 0 Å². The first-order chi connectivity index (χ1) is 9.26. The van der Waals surface area contributed by atoms with Gasteiger partial charge in [0.25, 0.3) is 0 Å². The van der Waals surface area contributed by atoms with Crippen molar-refractivity contribution in [2.24, 2.45) is 0 Å². The molecule has 0 saturated carbocycles. The van der Waals surface area contributed by atoms with Crippen LogP contribution >= 0.6 is 0 Å². The van der Waals surface area contributed by atoms with E-state index in [0.717, 1.165) is 32.6 Å². The summed E-state index contributed by atoms with van der Waals surface area (Å²) in [6.45, 7) is 9.03. The Bertz CT molecular complexity index is 356. The van der Waals surface area contributed by atoms with Gasteiger partial charge < -0.3 is 5.11 Å². The first-order valence-corrected chi connectivity index (χ1v) is 7.40. The largest absolute Gasteiger partial charge is 0.395 e. The molecule has 1 aromatic rings. The van der Waals surface area contributed by atoms with Crippen molar-refractivity contribution >= 4 is 0 Å². The number of aliphatic hydroxyl groups excluding tert-OH is 1. The van der Waals surface area contributed by atoms with E-state index in [4.69, 9.17) is 0 Å². The SMILES string of the molecule is CCC(CO)N1CCN(C(C)c2ccccc2)CC1. The van der Waals surface area contributed by atoms with E-state index in [2.05, 4.69) is 54.0 Å². The minimum absolute atomic E-state index is 0.282. The molecule has 0 radical (unpaired) electrons. The van der Waals surface area contributed by atoms with Crippen molar-refractivity contribution in [2.75, 3.05) is 32.8 Å².